The van der Waals surface area contributed by atoms with Crippen LogP contribution >= 0.6 is 29.6 Å². The van der Waals surface area contributed by atoms with Crippen LogP contribution in [0.25, 0.3) is 0 Å². The van der Waals surface area contributed by atoms with Crippen LogP contribution in [0.3, 0.4) is 0 Å². The molecule has 88 valence electrons. The summed E-state index contributed by atoms with van der Waals surface area (Å²) in [6.45, 7) is 2.53. The summed E-state index contributed by atoms with van der Waals surface area (Å²) < 4.78 is 1.46. The zero-order valence-corrected chi connectivity index (χ0v) is 11.1. The molecule has 0 saturated heterocycles. The fourth-order valence-electron chi connectivity index (χ4n) is 1.01. The van der Waals surface area contributed by atoms with E-state index in [1.807, 2.05) is 6.92 Å². The molecule has 1 aromatic heterocycles. The lowest BCUT2D eigenvalue weighted by atomic mass is 10.4. The van der Waals surface area contributed by atoms with Crippen molar-refractivity contribution in [3.05, 3.63) is 22.7 Å². The number of nitrogens with zero attached hydrogens (tertiary/aromatic N) is 4. The molecule has 0 saturated carbocycles. The molecule has 0 spiro atoms. The molecule has 1 rings (SSSR count). The topological polar surface area (TPSA) is 76.7 Å². The fourth-order valence-corrected chi connectivity index (χ4v) is 1.06. The van der Waals surface area contributed by atoms with Gasteiger partial charge in [0.2, 0.25) is 5.82 Å². The summed E-state index contributed by atoms with van der Waals surface area (Å²) in [5.41, 5.74) is -0.363. The predicted molar refractivity (Wildman–Crippen MR) is 68.0 cm³/mol. The van der Waals surface area contributed by atoms with E-state index in [-0.39, 0.29) is 28.4 Å². The highest BCUT2D eigenvalue weighted by Gasteiger charge is 2.02. The highest BCUT2D eigenvalue weighted by molar-refractivity contribution is 8.93. The Bertz CT molecular complexity index is 446. The monoisotopic (exact) mass is 306 g/mol. The number of hydrogen-bond acceptors (Lipinski definition) is 4. The number of hydrogen-bond donors (Lipinski definition) is 1. The van der Waals surface area contributed by atoms with Crippen molar-refractivity contribution < 1.29 is 4.79 Å². The van der Waals surface area contributed by atoms with Gasteiger partial charge >= 0.3 is 5.24 Å². The zero-order chi connectivity index (χ0) is 11.3. The maximum atomic E-state index is 11.6. The van der Waals surface area contributed by atoms with Gasteiger partial charge in [-0.3, -0.25) is 9.59 Å². The second kappa shape index (κ2) is 7.29. The van der Waals surface area contributed by atoms with Crippen molar-refractivity contribution in [3.63, 3.8) is 0 Å². The van der Waals surface area contributed by atoms with Gasteiger partial charge in [-0.2, -0.15) is 0 Å². The molecule has 0 unspecified atom stereocenters. The number of halogens is 1. The van der Waals surface area contributed by atoms with Gasteiger partial charge in [0, 0.05) is 18.9 Å². The Morgan fingerprint density at radius 3 is 2.88 bits per heavy atom. The molecule has 0 fully saturated rings. The van der Waals surface area contributed by atoms with Crippen molar-refractivity contribution in [2.75, 3.05) is 0 Å². The number of azo groups is 1. The van der Waals surface area contributed by atoms with Crippen molar-refractivity contribution in [1.29, 1.82) is 0 Å². The summed E-state index contributed by atoms with van der Waals surface area (Å²) in [7, 11) is 0. The molecule has 16 heavy (non-hydrogen) atoms. The quantitative estimate of drug-likeness (QED) is 0.688. The summed E-state index contributed by atoms with van der Waals surface area (Å²) in [4.78, 5) is 25.7. The van der Waals surface area contributed by atoms with E-state index in [0.717, 1.165) is 6.42 Å². The number of carbonyl (C=O) groups is 1. The Balaban J connectivity index is 0.00000225. The minimum absolute atomic E-state index is 0. The van der Waals surface area contributed by atoms with Crippen molar-refractivity contribution >= 4 is 40.7 Å². The summed E-state index contributed by atoms with van der Waals surface area (Å²) in [5, 5.41) is 5.77. The summed E-state index contributed by atoms with van der Waals surface area (Å²) in [6.07, 6.45) is 3.83. The van der Waals surface area contributed by atoms with E-state index in [1.54, 1.807) is 6.20 Å². The lowest BCUT2D eigenvalue weighted by molar-refractivity contribution is 0.266. The first-order valence-corrected chi connectivity index (χ1v) is 4.80. The number of amides is 1. The van der Waals surface area contributed by atoms with Crippen molar-refractivity contribution in [1.82, 2.24) is 9.55 Å². The van der Waals surface area contributed by atoms with Crippen LogP contribution in [0, 0.1) is 0 Å². The van der Waals surface area contributed by atoms with Crippen LogP contribution in [-0.2, 0) is 6.54 Å². The first-order chi connectivity index (χ1) is 7.15. The molecule has 0 atom stereocenters. The van der Waals surface area contributed by atoms with Crippen molar-refractivity contribution in [2.45, 2.75) is 19.9 Å². The van der Waals surface area contributed by atoms with Crippen LogP contribution in [0.2, 0.25) is 0 Å². The lowest BCUT2D eigenvalue weighted by Crippen LogP contribution is -2.19. The van der Waals surface area contributed by atoms with E-state index >= 15 is 0 Å². The Hall–Kier alpha value is -1.02. The molecule has 1 heterocycles. The van der Waals surface area contributed by atoms with Gasteiger partial charge in [-0.1, -0.05) is 24.7 Å². The second-order valence-corrected chi connectivity index (χ2v) is 3.11. The molecular weight excluding hydrogens is 296 g/mol. The highest BCUT2D eigenvalue weighted by atomic mass is 79.9. The van der Waals surface area contributed by atoms with Crippen LogP contribution < -0.4 is 5.56 Å². The van der Waals surface area contributed by atoms with Gasteiger partial charge in [0.25, 0.3) is 5.56 Å². The van der Waals surface area contributed by atoms with E-state index in [4.69, 9.17) is 0 Å². The van der Waals surface area contributed by atoms with Gasteiger partial charge in [0.1, 0.15) is 0 Å². The third-order valence-corrected chi connectivity index (χ3v) is 1.68. The van der Waals surface area contributed by atoms with Gasteiger partial charge in [-0.25, -0.2) is 4.98 Å². The van der Waals surface area contributed by atoms with Crippen LogP contribution in [-0.4, -0.2) is 14.8 Å². The smallest absolute Gasteiger partial charge is 0.311 e. The fraction of sp³-hybridized carbons (Fsp3) is 0.375. The number of thiol groups is 1. The maximum Gasteiger partial charge on any atom is 0.320 e. The molecule has 0 aliphatic rings. The SMILES string of the molecule is Br.CCCn1ccnc(N=NC(=O)S)c1=O. The maximum absolute atomic E-state index is 11.6. The highest BCUT2D eigenvalue weighted by Crippen LogP contribution is 2.01. The van der Waals surface area contributed by atoms with Crippen molar-refractivity contribution in [3.8, 4) is 0 Å². The molecule has 0 N–H and O–H groups in total. The van der Waals surface area contributed by atoms with Gasteiger partial charge in [0.15, 0.2) is 0 Å². The van der Waals surface area contributed by atoms with Crippen molar-refractivity contribution in [2.24, 2.45) is 10.2 Å². The standard InChI is InChI=1S/C8H10N4O2S.BrH/c1-2-4-12-5-3-9-6(7(12)13)10-11-8(14)15;/h3,5H,2,4H2,1H3,(H,14,15);1H. The Kier molecular flexibility index (Phi) is 6.82. The van der Waals surface area contributed by atoms with Gasteiger partial charge < -0.3 is 4.57 Å². The first kappa shape index (κ1) is 15.0. The molecular formula is C8H11BrN4O2S. The average Bonchev–Trinajstić information content (AvgIpc) is 2.19. The largest absolute Gasteiger partial charge is 0.320 e. The second-order valence-electron chi connectivity index (χ2n) is 2.73. The van der Waals surface area contributed by atoms with Crippen LogP contribution in [0.5, 0.6) is 0 Å². The molecule has 1 aromatic rings. The van der Waals surface area contributed by atoms with E-state index in [9.17, 15) is 9.59 Å². The van der Waals surface area contributed by atoms with Crippen LogP contribution in [0.1, 0.15) is 13.3 Å². The summed E-state index contributed by atoms with van der Waals surface area (Å²) >= 11 is 3.39. The molecule has 0 radical (unpaired) electrons. The Labute approximate surface area is 108 Å². The molecule has 8 heteroatoms. The zero-order valence-electron chi connectivity index (χ0n) is 8.53. The molecule has 0 aliphatic heterocycles. The predicted octanol–water partition coefficient (Wildman–Crippen LogP) is 2.36. The molecule has 1 amide bonds. The van der Waals surface area contributed by atoms with Gasteiger partial charge in [-0.05, 0) is 6.42 Å². The van der Waals surface area contributed by atoms with Crippen LogP contribution in [0.15, 0.2) is 27.4 Å². The Morgan fingerprint density at radius 1 is 1.62 bits per heavy atom. The van der Waals surface area contributed by atoms with Crippen LogP contribution in [0.4, 0.5) is 10.6 Å². The Morgan fingerprint density at radius 2 is 2.31 bits per heavy atom. The number of carbonyl (C=O) groups excluding carboxylic acids is 1. The average molecular weight is 307 g/mol. The lowest BCUT2D eigenvalue weighted by Gasteiger charge is -2.01. The number of aryl methyl sites for hydroxylation is 1. The molecule has 0 aliphatic carbocycles. The van der Waals surface area contributed by atoms with E-state index in [0.29, 0.717) is 6.54 Å². The number of aromatic nitrogens is 2. The third-order valence-electron chi connectivity index (χ3n) is 1.59. The molecule has 6 nitrogen and oxygen atoms in total. The summed E-state index contributed by atoms with van der Waals surface area (Å²) in [5.74, 6) is -0.103. The van der Waals surface area contributed by atoms with E-state index < -0.39 is 5.24 Å². The number of rotatable bonds is 3. The first-order valence-electron chi connectivity index (χ1n) is 4.35. The van der Waals surface area contributed by atoms with E-state index in [1.165, 1.54) is 10.8 Å². The molecule has 0 bridgehead atoms. The van der Waals surface area contributed by atoms with Gasteiger partial charge in [0.05, 0.1) is 0 Å². The normalized spacial score (nSPS) is 10.1. The van der Waals surface area contributed by atoms with E-state index in [2.05, 4.69) is 27.8 Å². The minimum Gasteiger partial charge on any atom is -0.311 e. The third kappa shape index (κ3) is 4.23. The molecule has 0 aromatic carbocycles. The summed E-state index contributed by atoms with van der Waals surface area (Å²) in [6, 6.07) is 0. The minimum atomic E-state index is -0.762. The van der Waals surface area contributed by atoms with Gasteiger partial charge in [-0.15, -0.1) is 22.1 Å².